The Kier molecular flexibility index (Phi) is 6.07. The fourth-order valence-corrected chi connectivity index (χ4v) is 3.90. The van der Waals surface area contributed by atoms with E-state index < -0.39 is 0 Å². The van der Waals surface area contributed by atoms with Gasteiger partial charge in [-0.15, -0.1) is 0 Å². The van der Waals surface area contributed by atoms with Gasteiger partial charge in [0, 0.05) is 24.0 Å². The number of nitrogens with zero attached hydrogens (tertiary/aromatic N) is 2. The number of fused-ring (bicyclic) bond motifs is 1. The predicted molar refractivity (Wildman–Crippen MR) is 123 cm³/mol. The molecule has 164 valence electrons. The van der Waals surface area contributed by atoms with Crippen molar-refractivity contribution in [2.45, 2.75) is 13.3 Å². The number of benzene rings is 2. The average molecular weight is 431 g/mol. The number of carbonyl (C=O) groups is 2. The zero-order valence-electron chi connectivity index (χ0n) is 18.3. The van der Waals surface area contributed by atoms with Crippen molar-refractivity contribution in [2.75, 3.05) is 37.5 Å². The van der Waals surface area contributed by atoms with E-state index in [-0.39, 0.29) is 18.4 Å². The Morgan fingerprint density at radius 2 is 1.97 bits per heavy atom. The maximum atomic E-state index is 13.0. The van der Waals surface area contributed by atoms with E-state index in [1.54, 1.807) is 24.1 Å². The maximum absolute atomic E-state index is 13.0. The number of rotatable bonds is 6. The van der Waals surface area contributed by atoms with Crippen LogP contribution in [0.1, 0.15) is 21.5 Å². The van der Waals surface area contributed by atoms with Crippen LogP contribution in [-0.2, 0) is 16.0 Å². The molecule has 3 aromatic rings. The van der Waals surface area contributed by atoms with Gasteiger partial charge in [-0.1, -0.05) is 12.1 Å². The lowest BCUT2D eigenvalue weighted by Crippen LogP contribution is -2.34. The van der Waals surface area contributed by atoms with Gasteiger partial charge in [0.2, 0.25) is 5.91 Å². The highest BCUT2D eigenvalue weighted by atomic mass is 16.5. The Bertz CT molecular complexity index is 1160. The summed E-state index contributed by atoms with van der Waals surface area (Å²) in [5.74, 6) is 0.163. The minimum atomic E-state index is -0.388. The monoisotopic (exact) mass is 431 g/mol. The third kappa shape index (κ3) is 4.14. The molecule has 0 unspecified atom stereocenters. The Hall–Kier alpha value is -3.87. The van der Waals surface area contributed by atoms with Gasteiger partial charge < -0.3 is 19.7 Å². The van der Waals surface area contributed by atoms with E-state index in [4.69, 9.17) is 9.47 Å². The number of carbonyl (C=O) groups excluding carboxylic acids is 2. The molecule has 0 saturated carbocycles. The fraction of sp³-hybridized carbons (Fsp3) is 0.240. The molecule has 32 heavy (non-hydrogen) atoms. The fourth-order valence-electron chi connectivity index (χ4n) is 3.90. The molecule has 1 aliphatic rings. The quantitative estimate of drug-likeness (QED) is 0.597. The summed E-state index contributed by atoms with van der Waals surface area (Å²) in [6.45, 7) is 2.60. The van der Waals surface area contributed by atoms with Crippen molar-refractivity contribution in [1.82, 2.24) is 4.98 Å². The Morgan fingerprint density at radius 1 is 1.12 bits per heavy atom. The van der Waals surface area contributed by atoms with Crippen LogP contribution < -0.4 is 15.0 Å². The van der Waals surface area contributed by atoms with Crippen molar-refractivity contribution in [2.24, 2.45) is 0 Å². The number of hydrogen-bond donors (Lipinski definition) is 1. The summed E-state index contributed by atoms with van der Waals surface area (Å²) in [5, 5.41) is 3.21. The Labute approximate surface area is 187 Å². The SMILES string of the molecule is COC(=O)c1cccc2c1CCN2C(=O)CNc1cc(-c2ccc(C)cn2)ccc1OC. The molecule has 2 aromatic carbocycles. The topological polar surface area (TPSA) is 80.8 Å². The minimum absolute atomic E-state index is 0.0863. The number of ether oxygens (including phenoxy) is 2. The minimum Gasteiger partial charge on any atom is -0.495 e. The average Bonchev–Trinajstić information content (AvgIpc) is 3.26. The van der Waals surface area contributed by atoms with Crippen molar-refractivity contribution in [3.8, 4) is 17.0 Å². The van der Waals surface area contributed by atoms with Crippen LogP contribution in [0.25, 0.3) is 11.3 Å². The van der Waals surface area contributed by atoms with E-state index in [2.05, 4.69) is 10.3 Å². The molecule has 7 nitrogen and oxygen atoms in total. The van der Waals surface area contributed by atoms with E-state index in [0.717, 1.165) is 28.1 Å². The normalized spacial score (nSPS) is 12.3. The number of amides is 1. The van der Waals surface area contributed by atoms with E-state index in [1.807, 2.05) is 49.5 Å². The van der Waals surface area contributed by atoms with Crippen LogP contribution in [0.4, 0.5) is 11.4 Å². The van der Waals surface area contributed by atoms with Gasteiger partial charge in [0.15, 0.2) is 0 Å². The Balaban J connectivity index is 1.52. The molecule has 4 rings (SSSR count). The molecule has 1 aromatic heterocycles. The van der Waals surface area contributed by atoms with Crippen molar-refractivity contribution in [3.05, 3.63) is 71.4 Å². The predicted octanol–water partition coefficient (Wildman–Crippen LogP) is 3.85. The number of aromatic nitrogens is 1. The molecule has 2 heterocycles. The van der Waals surface area contributed by atoms with Crippen LogP contribution in [0.3, 0.4) is 0 Å². The van der Waals surface area contributed by atoms with Crippen LogP contribution in [0.2, 0.25) is 0 Å². The first-order chi connectivity index (χ1) is 15.5. The molecule has 7 heteroatoms. The molecular formula is C25H25N3O4. The summed E-state index contributed by atoms with van der Waals surface area (Å²) in [6.07, 6.45) is 2.44. The number of nitrogens with one attached hydrogen (secondary N) is 1. The largest absolute Gasteiger partial charge is 0.495 e. The van der Waals surface area contributed by atoms with Crippen LogP contribution >= 0.6 is 0 Å². The van der Waals surface area contributed by atoms with Crippen molar-refractivity contribution >= 4 is 23.3 Å². The lowest BCUT2D eigenvalue weighted by Gasteiger charge is -2.19. The molecule has 1 N–H and O–H groups in total. The van der Waals surface area contributed by atoms with Crippen LogP contribution in [0, 0.1) is 6.92 Å². The van der Waals surface area contributed by atoms with Gasteiger partial charge in [0.25, 0.3) is 0 Å². The molecule has 0 atom stereocenters. The first-order valence-electron chi connectivity index (χ1n) is 10.4. The number of hydrogen-bond acceptors (Lipinski definition) is 6. The van der Waals surface area contributed by atoms with Gasteiger partial charge in [0.1, 0.15) is 5.75 Å². The number of aryl methyl sites for hydroxylation is 1. The van der Waals surface area contributed by atoms with Gasteiger partial charge >= 0.3 is 5.97 Å². The van der Waals surface area contributed by atoms with Crippen LogP contribution in [-0.4, -0.2) is 44.2 Å². The van der Waals surface area contributed by atoms with Crippen molar-refractivity contribution < 1.29 is 19.1 Å². The molecule has 0 aliphatic carbocycles. The van der Waals surface area contributed by atoms with E-state index in [1.165, 1.54) is 7.11 Å². The number of methoxy groups -OCH3 is 2. The standard InChI is InChI=1S/C25H25N3O4/c1-16-7-9-20(26-14-16)17-8-10-23(31-2)21(13-17)27-15-24(29)28-12-11-18-19(25(30)32-3)5-4-6-22(18)28/h4-10,13-14,27H,11-12,15H2,1-3H3. The molecule has 0 bridgehead atoms. The second-order valence-corrected chi connectivity index (χ2v) is 7.58. The summed E-state index contributed by atoms with van der Waals surface area (Å²) in [7, 11) is 2.95. The van der Waals surface area contributed by atoms with E-state index >= 15 is 0 Å². The van der Waals surface area contributed by atoms with Crippen LogP contribution in [0.5, 0.6) is 5.75 Å². The number of anilines is 2. The third-order valence-electron chi connectivity index (χ3n) is 5.57. The van der Waals surface area contributed by atoms with Gasteiger partial charge in [-0.2, -0.15) is 0 Å². The molecule has 0 radical (unpaired) electrons. The summed E-state index contributed by atoms with van der Waals surface area (Å²) < 4.78 is 10.3. The molecule has 1 amide bonds. The van der Waals surface area contributed by atoms with Crippen LogP contribution in [0.15, 0.2) is 54.7 Å². The lowest BCUT2D eigenvalue weighted by molar-refractivity contribution is -0.116. The van der Waals surface area contributed by atoms with Gasteiger partial charge in [0.05, 0.1) is 37.7 Å². The van der Waals surface area contributed by atoms with E-state index in [9.17, 15) is 9.59 Å². The second-order valence-electron chi connectivity index (χ2n) is 7.58. The summed E-state index contributed by atoms with van der Waals surface area (Å²) in [4.78, 5) is 31.2. The number of pyridine rings is 1. The van der Waals surface area contributed by atoms with Gasteiger partial charge in [-0.25, -0.2) is 4.79 Å². The molecule has 1 aliphatic heterocycles. The van der Waals surface area contributed by atoms with Gasteiger partial charge in [-0.05, 0) is 60.9 Å². The molecular weight excluding hydrogens is 406 g/mol. The first kappa shape index (κ1) is 21.4. The molecule has 0 spiro atoms. The summed E-state index contributed by atoms with van der Waals surface area (Å²) in [6, 6.07) is 15.1. The van der Waals surface area contributed by atoms with Gasteiger partial charge in [-0.3, -0.25) is 9.78 Å². The van der Waals surface area contributed by atoms with Crippen molar-refractivity contribution in [3.63, 3.8) is 0 Å². The third-order valence-corrected chi connectivity index (χ3v) is 5.57. The Morgan fingerprint density at radius 3 is 2.69 bits per heavy atom. The molecule has 0 fully saturated rings. The smallest absolute Gasteiger partial charge is 0.338 e. The van der Waals surface area contributed by atoms with Crippen molar-refractivity contribution in [1.29, 1.82) is 0 Å². The second kappa shape index (κ2) is 9.09. The molecule has 0 saturated heterocycles. The maximum Gasteiger partial charge on any atom is 0.338 e. The highest BCUT2D eigenvalue weighted by Gasteiger charge is 2.28. The zero-order chi connectivity index (χ0) is 22.7. The lowest BCUT2D eigenvalue weighted by atomic mass is 10.1. The number of esters is 1. The first-order valence-corrected chi connectivity index (χ1v) is 10.4. The zero-order valence-corrected chi connectivity index (χ0v) is 18.3. The summed E-state index contributed by atoms with van der Waals surface area (Å²) in [5.41, 5.74) is 5.68. The summed E-state index contributed by atoms with van der Waals surface area (Å²) >= 11 is 0. The highest BCUT2D eigenvalue weighted by Crippen LogP contribution is 2.32. The highest BCUT2D eigenvalue weighted by molar-refractivity contribution is 6.01. The van der Waals surface area contributed by atoms with E-state index in [0.29, 0.717) is 30.0 Å².